The fraction of sp³-hybridized carbons (Fsp3) is 0.286. The van der Waals surface area contributed by atoms with Crippen molar-refractivity contribution in [1.29, 1.82) is 0 Å². The Kier molecular flexibility index (Phi) is 2.42. The Labute approximate surface area is 88.4 Å². The zero-order chi connectivity index (χ0) is 10.8. The molecule has 15 heavy (non-hydrogen) atoms. The van der Waals surface area contributed by atoms with Crippen LogP contribution in [0.2, 0.25) is 0 Å². The SMILES string of the molecule is Cc1ncsc1-c1nnnn1CC(=O)O. The lowest BCUT2D eigenvalue weighted by Crippen LogP contribution is -2.11. The van der Waals surface area contributed by atoms with E-state index in [1.54, 1.807) is 5.51 Å². The lowest BCUT2D eigenvalue weighted by Gasteiger charge is -1.98. The molecule has 0 bridgehead atoms. The summed E-state index contributed by atoms with van der Waals surface area (Å²) in [6.07, 6.45) is 0. The highest BCUT2D eigenvalue weighted by Crippen LogP contribution is 2.24. The maximum Gasteiger partial charge on any atom is 0.325 e. The molecule has 0 unspecified atom stereocenters. The first kappa shape index (κ1) is 9.71. The summed E-state index contributed by atoms with van der Waals surface area (Å²) in [6, 6.07) is 0. The van der Waals surface area contributed by atoms with E-state index in [4.69, 9.17) is 5.11 Å². The number of carboxylic acid groups (broad SMARTS) is 1. The smallest absolute Gasteiger partial charge is 0.325 e. The van der Waals surface area contributed by atoms with Gasteiger partial charge in [0.2, 0.25) is 0 Å². The van der Waals surface area contributed by atoms with Gasteiger partial charge in [-0.25, -0.2) is 9.67 Å². The van der Waals surface area contributed by atoms with Crippen LogP contribution in [-0.4, -0.2) is 36.3 Å². The van der Waals surface area contributed by atoms with Crippen LogP contribution < -0.4 is 0 Å². The summed E-state index contributed by atoms with van der Waals surface area (Å²) in [5.74, 6) is -0.539. The normalized spacial score (nSPS) is 10.5. The molecule has 0 radical (unpaired) electrons. The van der Waals surface area contributed by atoms with E-state index in [0.29, 0.717) is 5.82 Å². The van der Waals surface area contributed by atoms with Gasteiger partial charge in [0, 0.05) is 0 Å². The summed E-state index contributed by atoms with van der Waals surface area (Å²) in [5.41, 5.74) is 2.46. The van der Waals surface area contributed by atoms with Crippen LogP contribution in [0.3, 0.4) is 0 Å². The Morgan fingerprint density at radius 2 is 2.47 bits per heavy atom. The molecule has 0 fully saturated rings. The van der Waals surface area contributed by atoms with Crippen LogP contribution >= 0.6 is 11.3 Å². The first-order valence-electron chi connectivity index (χ1n) is 4.07. The van der Waals surface area contributed by atoms with Gasteiger partial charge in [-0.1, -0.05) is 0 Å². The molecule has 0 aliphatic heterocycles. The largest absolute Gasteiger partial charge is 0.480 e. The first-order valence-corrected chi connectivity index (χ1v) is 4.95. The summed E-state index contributed by atoms with van der Waals surface area (Å²) in [6.45, 7) is 1.57. The molecule has 0 spiro atoms. The third kappa shape index (κ3) is 1.84. The lowest BCUT2D eigenvalue weighted by molar-refractivity contribution is -0.137. The number of rotatable bonds is 3. The number of thiazole rings is 1. The average Bonchev–Trinajstić information content (AvgIpc) is 2.73. The van der Waals surface area contributed by atoms with Gasteiger partial charge in [-0.3, -0.25) is 4.79 Å². The van der Waals surface area contributed by atoms with E-state index in [9.17, 15) is 4.79 Å². The molecule has 0 amide bonds. The molecule has 7 nitrogen and oxygen atoms in total. The zero-order valence-corrected chi connectivity index (χ0v) is 8.60. The minimum absolute atomic E-state index is 0.250. The molecule has 0 saturated carbocycles. The predicted molar refractivity (Wildman–Crippen MR) is 51.3 cm³/mol. The number of aliphatic carboxylic acids is 1. The van der Waals surface area contributed by atoms with E-state index in [0.717, 1.165) is 10.6 Å². The second-order valence-electron chi connectivity index (χ2n) is 2.82. The molecule has 0 atom stereocenters. The van der Waals surface area contributed by atoms with Gasteiger partial charge in [0.25, 0.3) is 0 Å². The summed E-state index contributed by atoms with van der Waals surface area (Å²) < 4.78 is 1.24. The summed E-state index contributed by atoms with van der Waals surface area (Å²) in [7, 11) is 0. The molecule has 0 saturated heterocycles. The molecule has 2 aromatic heterocycles. The summed E-state index contributed by atoms with van der Waals surface area (Å²) in [5, 5.41) is 19.5. The van der Waals surface area contributed by atoms with Gasteiger partial charge in [0.05, 0.1) is 16.1 Å². The zero-order valence-electron chi connectivity index (χ0n) is 7.78. The number of aryl methyl sites for hydroxylation is 1. The van der Waals surface area contributed by atoms with Crippen molar-refractivity contribution < 1.29 is 9.90 Å². The standard InChI is InChI=1S/C7H7N5O2S/c1-4-6(15-3-8-4)7-9-10-11-12(7)2-5(13)14/h3H,2H2,1H3,(H,13,14). The van der Waals surface area contributed by atoms with Crippen molar-refractivity contribution in [2.45, 2.75) is 13.5 Å². The fourth-order valence-corrected chi connectivity index (χ4v) is 1.91. The van der Waals surface area contributed by atoms with Gasteiger partial charge in [0.1, 0.15) is 6.54 Å². The van der Waals surface area contributed by atoms with Gasteiger partial charge < -0.3 is 5.11 Å². The van der Waals surface area contributed by atoms with Crippen molar-refractivity contribution in [3.8, 4) is 10.7 Å². The number of hydrogen-bond acceptors (Lipinski definition) is 6. The van der Waals surface area contributed by atoms with E-state index in [1.807, 2.05) is 6.92 Å². The topological polar surface area (TPSA) is 93.8 Å². The van der Waals surface area contributed by atoms with Crippen molar-refractivity contribution in [2.75, 3.05) is 0 Å². The van der Waals surface area contributed by atoms with Crippen LogP contribution in [0, 0.1) is 6.92 Å². The van der Waals surface area contributed by atoms with E-state index in [2.05, 4.69) is 20.5 Å². The Hall–Kier alpha value is -1.83. The van der Waals surface area contributed by atoms with Crippen molar-refractivity contribution in [1.82, 2.24) is 25.2 Å². The van der Waals surface area contributed by atoms with Crippen LogP contribution in [0.5, 0.6) is 0 Å². The van der Waals surface area contributed by atoms with Gasteiger partial charge in [-0.2, -0.15) is 0 Å². The molecule has 2 rings (SSSR count). The monoisotopic (exact) mass is 225 g/mol. The number of nitrogens with zero attached hydrogens (tertiary/aromatic N) is 5. The van der Waals surface area contributed by atoms with Crippen molar-refractivity contribution in [3.05, 3.63) is 11.2 Å². The van der Waals surface area contributed by atoms with Gasteiger partial charge in [-0.15, -0.1) is 16.4 Å². The second-order valence-corrected chi connectivity index (χ2v) is 3.68. The predicted octanol–water partition coefficient (Wildman–Crippen LogP) is 0.190. The number of tetrazole rings is 1. The first-order chi connectivity index (χ1) is 7.18. The number of aromatic nitrogens is 5. The van der Waals surface area contributed by atoms with Crippen LogP contribution in [0.25, 0.3) is 10.7 Å². The number of carboxylic acids is 1. The van der Waals surface area contributed by atoms with E-state index in [-0.39, 0.29) is 6.54 Å². The third-order valence-corrected chi connectivity index (χ3v) is 2.69. The molecule has 78 valence electrons. The van der Waals surface area contributed by atoms with Gasteiger partial charge in [-0.05, 0) is 17.4 Å². The minimum Gasteiger partial charge on any atom is -0.480 e. The molecular weight excluding hydrogens is 218 g/mol. The molecule has 2 heterocycles. The highest BCUT2D eigenvalue weighted by atomic mass is 32.1. The Morgan fingerprint density at radius 3 is 3.07 bits per heavy atom. The number of hydrogen-bond donors (Lipinski definition) is 1. The van der Waals surface area contributed by atoms with Crippen LogP contribution in [0.1, 0.15) is 5.69 Å². The fourth-order valence-electron chi connectivity index (χ4n) is 1.12. The lowest BCUT2D eigenvalue weighted by atomic mass is 10.4. The molecule has 8 heteroatoms. The molecular formula is C7H7N5O2S. The number of carbonyl (C=O) groups is 1. The molecule has 2 aromatic rings. The van der Waals surface area contributed by atoms with E-state index >= 15 is 0 Å². The third-order valence-electron chi connectivity index (χ3n) is 1.77. The van der Waals surface area contributed by atoms with Gasteiger partial charge >= 0.3 is 5.97 Å². The Balaban J connectivity index is 2.41. The molecule has 0 aliphatic carbocycles. The van der Waals surface area contributed by atoms with E-state index in [1.165, 1.54) is 16.0 Å². The van der Waals surface area contributed by atoms with Crippen molar-refractivity contribution in [3.63, 3.8) is 0 Å². The van der Waals surface area contributed by atoms with Gasteiger partial charge in [0.15, 0.2) is 5.82 Å². The minimum atomic E-state index is -0.981. The second kappa shape index (κ2) is 3.73. The van der Waals surface area contributed by atoms with Crippen molar-refractivity contribution in [2.24, 2.45) is 0 Å². The van der Waals surface area contributed by atoms with Crippen LogP contribution in [0.4, 0.5) is 0 Å². The quantitative estimate of drug-likeness (QED) is 0.801. The molecule has 0 aromatic carbocycles. The molecule has 0 aliphatic rings. The maximum absolute atomic E-state index is 10.5. The Bertz CT molecular complexity index is 491. The Morgan fingerprint density at radius 1 is 1.67 bits per heavy atom. The highest BCUT2D eigenvalue weighted by Gasteiger charge is 2.15. The van der Waals surface area contributed by atoms with Crippen LogP contribution in [-0.2, 0) is 11.3 Å². The van der Waals surface area contributed by atoms with E-state index < -0.39 is 5.97 Å². The van der Waals surface area contributed by atoms with Crippen molar-refractivity contribution >= 4 is 17.3 Å². The maximum atomic E-state index is 10.5. The summed E-state index contributed by atoms with van der Waals surface area (Å²) >= 11 is 1.38. The highest BCUT2D eigenvalue weighted by molar-refractivity contribution is 7.13. The van der Waals surface area contributed by atoms with Crippen LogP contribution in [0.15, 0.2) is 5.51 Å². The average molecular weight is 225 g/mol. The molecule has 1 N–H and O–H groups in total. The summed E-state index contributed by atoms with van der Waals surface area (Å²) in [4.78, 5) is 15.4.